The topological polar surface area (TPSA) is 0 Å². The maximum absolute atomic E-state index is 2.26. The van der Waals surface area contributed by atoms with Crippen LogP contribution in [-0.2, 0) is 0 Å². The largest absolute Gasteiger partial charge is 0.0620 e. The molecule has 0 bridgehead atoms. The van der Waals surface area contributed by atoms with Gasteiger partial charge in [-0.05, 0) is 41.6 Å². The lowest BCUT2D eigenvalue weighted by atomic mass is 9.84. The van der Waals surface area contributed by atoms with Gasteiger partial charge in [-0.15, -0.1) is 0 Å². The number of hydrogen-bond donors (Lipinski definition) is 0. The van der Waals surface area contributed by atoms with Crippen molar-refractivity contribution in [1.82, 2.24) is 0 Å². The first-order valence-corrected chi connectivity index (χ1v) is 4.24. The van der Waals surface area contributed by atoms with Crippen LogP contribution >= 0.6 is 0 Å². The highest BCUT2D eigenvalue weighted by molar-refractivity contribution is 5.63. The van der Waals surface area contributed by atoms with E-state index < -0.39 is 0 Å². The molecule has 0 atom stereocenters. The van der Waals surface area contributed by atoms with Crippen molar-refractivity contribution in [3.63, 3.8) is 0 Å². The average Bonchev–Trinajstić information content (AvgIpc) is 2.63. The molecule has 3 rings (SSSR count). The molecule has 0 N–H and O–H groups in total. The van der Waals surface area contributed by atoms with Gasteiger partial charge in [0.2, 0.25) is 0 Å². The second-order valence-electron chi connectivity index (χ2n) is 3.40. The molecule has 3 aliphatic rings. The van der Waals surface area contributed by atoms with Crippen LogP contribution in [0.4, 0.5) is 0 Å². The fourth-order valence-corrected chi connectivity index (χ4v) is 1.87. The maximum atomic E-state index is 2.26. The van der Waals surface area contributed by atoms with Crippen LogP contribution in [0.2, 0.25) is 0 Å². The summed E-state index contributed by atoms with van der Waals surface area (Å²) in [6.07, 6.45) is 12.7. The summed E-state index contributed by atoms with van der Waals surface area (Å²) in [6.45, 7) is 0. The minimum Gasteiger partial charge on any atom is -0.0620 e. The van der Waals surface area contributed by atoms with E-state index in [2.05, 4.69) is 24.3 Å². The van der Waals surface area contributed by atoms with Gasteiger partial charge in [0.15, 0.2) is 0 Å². The Morgan fingerprint density at radius 3 is 2.36 bits per heavy atom. The molecule has 0 spiro atoms. The smallest absolute Gasteiger partial charge is 0.00171 e. The first kappa shape index (κ1) is 5.59. The zero-order chi connectivity index (χ0) is 7.26. The fourth-order valence-electron chi connectivity index (χ4n) is 1.87. The van der Waals surface area contributed by atoms with Gasteiger partial charge in [-0.1, -0.05) is 24.3 Å². The Hall–Kier alpha value is -1.04. The van der Waals surface area contributed by atoms with Crippen LogP contribution in [0, 0.1) is 0 Å². The van der Waals surface area contributed by atoms with E-state index in [-0.39, 0.29) is 0 Å². The fraction of sp³-hybridized carbons (Fsp3) is 0.273. The van der Waals surface area contributed by atoms with Crippen molar-refractivity contribution in [3.8, 4) is 0 Å². The Balaban J connectivity index is 2.16. The van der Waals surface area contributed by atoms with Crippen LogP contribution < -0.4 is 0 Å². The standard InChI is InChI=1S/C11H10/c1-2-4-9-7-11(9)10-6-5-8(10)3-1/h1-4H,5-7H2/b2-1-,3-1?,4-2?,8-3-,9-4-,11-10-. The molecular formula is C11H10. The molecule has 0 radical (unpaired) electrons. The Labute approximate surface area is 66.6 Å². The van der Waals surface area contributed by atoms with Gasteiger partial charge >= 0.3 is 0 Å². The summed E-state index contributed by atoms with van der Waals surface area (Å²) in [6, 6.07) is 0. The molecule has 0 saturated heterocycles. The zero-order valence-corrected chi connectivity index (χ0v) is 6.43. The van der Waals surface area contributed by atoms with E-state index >= 15 is 0 Å². The van der Waals surface area contributed by atoms with Crippen LogP contribution in [-0.4, -0.2) is 0 Å². The zero-order valence-electron chi connectivity index (χ0n) is 6.43. The molecule has 2 saturated carbocycles. The van der Waals surface area contributed by atoms with Crippen LogP contribution in [0.1, 0.15) is 19.3 Å². The van der Waals surface area contributed by atoms with E-state index in [9.17, 15) is 0 Å². The number of hydrogen-bond acceptors (Lipinski definition) is 0. The van der Waals surface area contributed by atoms with Crippen molar-refractivity contribution in [2.75, 3.05) is 0 Å². The lowest BCUT2D eigenvalue weighted by Crippen LogP contribution is -2.02. The highest BCUT2D eigenvalue weighted by Crippen LogP contribution is 2.48. The summed E-state index contributed by atoms with van der Waals surface area (Å²) in [5.41, 5.74) is 6.45. The Morgan fingerprint density at radius 2 is 1.64 bits per heavy atom. The molecule has 0 aromatic carbocycles. The number of fused-ring (bicyclic) bond motifs is 2. The van der Waals surface area contributed by atoms with E-state index in [0.29, 0.717) is 0 Å². The molecule has 0 heterocycles. The van der Waals surface area contributed by atoms with E-state index in [0.717, 1.165) is 0 Å². The molecule has 0 heteroatoms. The summed E-state index contributed by atoms with van der Waals surface area (Å²) in [5, 5.41) is 0. The van der Waals surface area contributed by atoms with Gasteiger partial charge in [0.25, 0.3) is 0 Å². The van der Waals surface area contributed by atoms with Gasteiger partial charge in [-0.25, -0.2) is 0 Å². The summed E-state index contributed by atoms with van der Waals surface area (Å²) in [5.74, 6) is 0. The summed E-state index contributed by atoms with van der Waals surface area (Å²) >= 11 is 0. The highest BCUT2D eigenvalue weighted by atomic mass is 14.3. The van der Waals surface area contributed by atoms with E-state index in [1.165, 1.54) is 19.3 Å². The van der Waals surface area contributed by atoms with Crippen molar-refractivity contribution < 1.29 is 0 Å². The first-order chi connectivity index (χ1) is 5.45. The Kier molecular flexibility index (Phi) is 0.894. The SMILES string of the molecule is C1=C\C=C2\C\C2=C2/CC/C2=C/1. The van der Waals surface area contributed by atoms with Crippen molar-refractivity contribution in [2.24, 2.45) is 0 Å². The van der Waals surface area contributed by atoms with Gasteiger partial charge in [-0.3, -0.25) is 0 Å². The molecule has 0 aromatic rings. The first-order valence-electron chi connectivity index (χ1n) is 4.24. The third kappa shape index (κ3) is 0.697. The summed E-state index contributed by atoms with van der Waals surface area (Å²) in [4.78, 5) is 0. The second-order valence-corrected chi connectivity index (χ2v) is 3.40. The van der Waals surface area contributed by atoms with Crippen LogP contribution in [0.15, 0.2) is 46.6 Å². The molecule has 0 aliphatic heterocycles. The second kappa shape index (κ2) is 1.76. The van der Waals surface area contributed by atoms with E-state index in [1.54, 1.807) is 22.3 Å². The van der Waals surface area contributed by atoms with Crippen molar-refractivity contribution in [1.29, 1.82) is 0 Å². The van der Waals surface area contributed by atoms with Crippen molar-refractivity contribution in [3.05, 3.63) is 46.6 Å². The summed E-state index contributed by atoms with van der Waals surface area (Å²) < 4.78 is 0. The minimum atomic E-state index is 1.26. The normalized spacial score (nSPS) is 44.4. The molecule has 3 aliphatic carbocycles. The van der Waals surface area contributed by atoms with Gasteiger partial charge in [0.05, 0.1) is 0 Å². The van der Waals surface area contributed by atoms with Crippen LogP contribution in [0.5, 0.6) is 0 Å². The van der Waals surface area contributed by atoms with Gasteiger partial charge < -0.3 is 0 Å². The lowest BCUT2D eigenvalue weighted by Gasteiger charge is -2.21. The lowest BCUT2D eigenvalue weighted by molar-refractivity contribution is 0.819. The van der Waals surface area contributed by atoms with E-state index in [4.69, 9.17) is 0 Å². The molecule has 0 amide bonds. The quantitative estimate of drug-likeness (QED) is 0.488. The third-order valence-electron chi connectivity index (χ3n) is 2.73. The molecule has 0 aromatic heterocycles. The highest BCUT2D eigenvalue weighted by Gasteiger charge is 2.30. The van der Waals surface area contributed by atoms with Gasteiger partial charge in [0, 0.05) is 0 Å². The van der Waals surface area contributed by atoms with Crippen molar-refractivity contribution in [2.45, 2.75) is 19.3 Å². The molecule has 0 unspecified atom stereocenters. The van der Waals surface area contributed by atoms with Crippen molar-refractivity contribution >= 4 is 0 Å². The molecule has 54 valence electrons. The number of rotatable bonds is 0. The summed E-state index contributed by atoms with van der Waals surface area (Å²) in [7, 11) is 0. The van der Waals surface area contributed by atoms with Gasteiger partial charge in [0.1, 0.15) is 0 Å². The maximum Gasteiger partial charge on any atom is -0.00171 e. The molecule has 2 fully saturated rings. The van der Waals surface area contributed by atoms with Gasteiger partial charge in [-0.2, -0.15) is 0 Å². The van der Waals surface area contributed by atoms with Crippen LogP contribution in [0.3, 0.4) is 0 Å². The number of allylic oxidation sites excluding steroid dienone is 8. The molecular weight excluding hydrogens is 132 g/mol. The van der Waals surface area contributed by atoms with E-state index in [1.807, 2.05) is 0 Å². The Bertz CT molecular complexity index is 335. The predicted octanol–water partition coefficient (Wildman–Crippen LogP) is 2.90. The molecule has 11 heavy (non-hydrogen) atoms. The predicted molar refractivity (Wildman–Crippen MR) is 46.2 cm³/mol. The third-order valence-corrected chi connectivity index (χ3v) is 2.73. The average molecular weight is 142 g/mol. The molecule has 0 nitrogen and oxygen atoms in total. The minimum absolute atomic E-state index is 1.26. The van der Waals surface area contributed by atoms with Crippen LogP contribution in [0.25, 0.3) is 0 Å². The monoisotopic (exact) mass is 142 g/mol. The Morgan fingerprint density at radius 1 is 0.818 bits per heavy atom.